The van der Waals surface area contributed by atoms with Crippen molar-refractivity contribution in [2.24, 2.45) is 5.84 Å². The van der Waals surface area contributed by atoms with Crippen LogP contribution in [0, 0.1) is 0 Å². The molecular weight excluding hydrogens is 290 g/mol. The van der Waals surface area contributed by atoms with E-state index in [2.05, 4.69) is 5.32 Å². The maximum Gasteiger partial charge on any atom is 0.266 e. The van der Waals surface area contributed by atoms with Crippen LogP contribution < -0.4 is 16.6 Å². The summed E-state index contributed by atoms with van der Waals surface area (Å²) >= 11 is 6.30. The van der Waals surface area contributed by atoms with Crippen molar-refractivity contribution in [3.05, 3.63) is 64.2 Å². The summed E-state index contributed by atoms with van der Waals surface area (Å²) in [6.07, 6.45) is 0. The number of anilines is 1. The van der Waals surface area contributed by atoms with Crippen molar-refractivity contribution in [3.63, 3.8) is 0 Å². The second-order valence-electron chi connectivity index (χ2n) is 4.69. The molecule has 0 aromatic heterocycles. The monoisotopic (exact) mass is 301 g/mol. The lowest BCUT2D eigenvalue weighted by molar-refractivity contribution is -0.116. The third-order valence-electron chi connectivity index (χ3n) is 3.51. The second kappa shape index (κ2) is 5.20. The number of nitrogen functional groups attached to an aromatic ring is 1. The van der Waals surface area contributed by atoms with Crippen LogP contribution in [0.4, 0.5) is 5.69 Å². The van der Waals surface area contributed by atoms with Gasteiger partial charge in [0.2, 0.25) is 5.91 Å². The van der Waals surface area contributed by atoms with E-state index in [0.29, 0.717) is 5.56 Å². The molecule has 2 aromatic rings. The Kier molecular flexibility index (Phi) is 3.37. The smallest absolute Gasteiger partial charge is 0.266 e. The first kappa shape index (κ1) is 13.6. The number of fused-ring (bicyclic) bond motifs is 1. The zero-order valence-electron chi connectivity index (χ0n) is 10.9. The van der Waals surface area contributed by atoms with E-state index < -0.39 is 11.8 Å². The Balaban J connectivity index is 2.14. The highest BCUT2D eigenvalue weighted by atomic mass is 35.5. The zero-order chi connectivity index (χ0) is 15.0. The van der Waals surface area contributed by atoms with Crippen LogP contribution in [-0.2, 0) is 4.79 Å². The molecule has 0 saturated heterocycles. The van der Waals surface area contributed by atoms with Crippen molar-refractivity contribution < 1.29 is 9.59 Å². The van der Waals surface area contributed by atoms with Crippen LogP contribution in [0.3, 0.4) is 0 Å². The Labute approximate surface area is 126 Å². The molecule has 6 heteroatoms. The topological polar surface area (TPSA) is 84.2 Å². The van der Waals surface area contributed by atoms with E-state index in [-0.39, 0.29) is 16.5 Å². The van der Waals surface area contributed by atoms with Crippen molar-refractivity contribution in [2.75, 3.05) is 5.32 Å². The van der Waals surface area contributed by atoms with Crippen LogP contribution in [0.1, 0.15) is 27.4 Å². The maximum atomic E-state index is 12.2. The van der Waals surface area contributed by atoms with E-state index >= 15 is 0 Å². The maximum absolute atomic E-state index is 12.2. The number of para-hydroxylation sites is 1. The molecule has 2 amide bonds. The van der Waals surface area contributed by atoms with Crippen LogP contribution in [-0.4, -0.2) is 11.8 Å². The van der Waals surface area contributed by atoms with Gasteiger partial charge in [-0.25, -0.2) is 5.84 Å². The van der Waals surface area contributed by atoms with Gasteiger partial charge in [0.25, 0.3) is 5.91 Å². The number of hydrogen-bond acceptors (Lipinski definition) is 3. The molecule has 1 aliphatic rings. The van der Waals surface area contributed by atoms with E-state index in [4.69, 9.17) is 17.4 Å². The minimum atomic E-state index is -0.528. The van der Waals surface area contributed by atoms with Crippen molar-refractivity contribution in [1.82, 2.24) is 5.43 Å². The summed E-state index contributed by atoms with van der Waals surface area (Å²) < 4.78 is 0. The molecular formula is C15H12ClN3O2. The first-order chi connectivity index (χ1) is 10.1. The van der Waals surface area contributed by atoms with E-state index in [1.807, 2.05) is 29.7 Å². The first-order valence-electron chi connectivity index (χ1n) is 6.32. The van der Waals surface area contributed by atoms with E-state index in [1.54, 1.807) is 18.2 Å². The number of hydrogen-bond donors (Lipinski definition) is 3. The summed E-state index contributed by atoms with van der Waals surface area (Å²) in [6.45, 7) is 0. The summed E-state index contributed by atoms with van der Waals surface area (Å²) in [5, 5.41) is 3.05. The molecule has 5 nitrogen and oxygen atoms in total. The lowest BCUT2D eigenvalue weighted by Gasteiger charge is -2.13. The Morgan fingerprint density at radius 1 is 1.14 bits per heavy atom. The molecule has 0 spiro atoms. The van der Waals surface area contributed by atoms with Gasteiger partial charge in [0, 0.05) is 5.69 Å². The van der Waals surface area contributed by atoms with Crippen LogP contribution in [0.5, 0.6) is 0 Å². The summed E-state index contributed by atoms with van der Waals surface area (Å²) in [6, 6.07) is 12.4. The molecule has 1 atom stereocenters. The molecule has 106 valence electrons. The number of rotatable bonds is 2. The lowest BCUT2D eigenvalue weighted by Crippen LogP contribution is -2.30. The molecule has 0 saturated carbocycles. The molecule has 0 bridgehead atoms. The van der Waals surface area contributed by atoms with Crippen molar-refractivity contribution in [1.29, 1.82) is 0 Å². The van der Waals surface area contributed by atoms with Crippen LogP contribution in [0.25, 0.3) is 0 Å². The summed E-state index contributed by atoms with van der Waals surface area (Å²) in [4.78, 5) is 23.9. The highest BCUT2D eigenvalue weighted by Crippen LogP contribution is 2.40. The fraction of sp³-hybridized carbons (Fsp3) is 0.0667. The first-order valence-corrected chi connectivity index (χ1v) is 6.70. The van der Waals surface area contributed by atoms with Gasteiger partial charge in [-0.2, -0.15) is 0 Å². The van der Waals surface area contributed by atoms with Crippen molar-refractivity contribution in [3.8, 4) is 0 Å². The van der Waals surface area contributed by atoms with Gasteiger partial charge in [0.15, 0.2) is 0 Å². The Morgan fingerprint density at radius 3 is 2.62 bits per heavy atom. The number of hydrazine groups is 1. The highest BCUT2D eigenvalue weighted by Gasteiger charge is 2.33. The predicted molar refractivity (Wildman–Crippen MR) is 80.0 cm³/mol. The van der Waals surface area contributed by atoms with Gasteiger partial charge in [-0.05, 0) is 23.3 Å². The van der Waals surface area contributed by atoms with E-state index in [1.165, 1.54) is 0 Å². The third-order valence-corrected chi connectivity index (χ3v) is 3.93. The molecule has 0 aliphatic carbocycles. The van der Waals surface area contributed by atoms with E-state index in [0.717, 1.165) is 11.3 Å². The molecule has 3 rings (SSSR count). The molecule has 1 unspecified atom stereocenters. The normalized spacial score (nSPS) is 16.3. The lowest BCUT2D eigenvalue weighted by atomic mass is 9.91. The van der Waals surface area contributed by atoms with Crippen LogP contribution in [0.2, 0.25) is 5.02 Å². The molecule has 1 aliphatic heterocycles. The predicted octanol–water partition coefficient (Wildman–Crippen LogP) is 2.03. The number of nitrogens with one attached hydrogen (secondary N) is 2. The Hall–Kier alpha value is -2.37. The number of benzene rings is 2. The Bertz CT molecular complexity index is 745. The minimum Gasteiger partial charge on any atom is -0.325 e. The molecule has 0 radical (unpaired) electrons. The van der Waals surface area contributed by atoms with E-state index in [9.17, 15) is 9.59 Å². The number of nitrogens with two attached hydrogens (primary N) is 1. The Morgan fingerprint density at radius 2 is 1.86 bits per heavy atom. The molecule has 2 aromatic carbocycles. The van der Waals surface area contributed by atoms with Gasteiger partial charge in [0.1, 0.15) is 0 Å². The van der Waals surface area contributed by atoms with Gasteiger partial charge in [0.05, 0.1) is 16.5 Å². The quantitative estimate of drug-likeness (QED) is 0.451. The molecule has 21 heavy (non-hydrogen) atoms. The van der Waals surface area contributed by atoms with Gasteiger partial charge in [-0.3, -0.25) is 15.0 Å². The average Bonchev–Trinajstić information content (AvgIpc) is 2.83. The second-order valence-corrected chi connectivity index (χ2v) is 5.07. The summed E-state index contributed by atoms with van der Waals surface area (Å²) in [5.41, 5.74) is 4.48. The SMILES string of the molecule is NNC(=O)c1cccc(C2C(=O)Nc3ccccc32)c1Cl. The zero-order valence-corrected chi connectivity index (χ0v) is 11.6. The van der Waals surface area contributed by atoms with Gasteiger partial charge in [-0.1, -0.05) is 41.9 Å². The third kappa shape index (κ3) is 2.16. The number of halogens is 1. The standard InChI is InChI=1S/C15H12ClN3O2/c16-13-9(5-3-6-10(13)14(20)19-17)12-8-4-1-2-7-11(8)18-15(12)21/h1-7,12H,17H2,(H,18,21)(H,19,20). The molecule has 0 fully saturated rings. The number of carbonyl (C=O) groups excluding carboxylic acids is 2. The largest absolute Gasteiger partial charge is 0.325 e. The number of amides is 2. The highest BCUT2D eigenvalue weighted by molar-refractivity contribution is 6.35. The van der Waals surface area contributed by atoms with Crippen LogP contribution in [0.15, 0.2) is 42.5 Å². The van der Waals surface area contributed by atoms with Gasteiger partial charge >= 0.3 is 0 Å². The molecule has 4 N–H and O–H groups in total. The van der Waals surface area contributed by atoms with Gasteiger partial charge < -0.3 is 5.32 Å². The number of carbonyl (C=O) groups is 2. The van der Waals surface area contributed by atoms with Crippen molar-refractivity contribution >= 4 is 29.1 Å². The molecule has 1 heterocycles. The average molecular weight is 302 g/mol. The van der Waals surface area contributed by atoms with Gasteiger partial charge in [-0.15, -0.1) is 0 Å². The fourth-order valence-corrected chi connectivity index (χ4v) is 2.86. The minimum absolute atomic E-state index is 0.164. The van der Waals surface area contributed by atoms with Crippen LogP contribution >= 0.6 is 11.6 Å². The summed E-state index contributed by atoms with van der Waals surface area (Å²) in [7, 11) is 0. The van der Waals surface area contributed by atoms with Crippen molar-refractivity contribution in [2.45, 2.75) is 5.92 Å². The fourth-order valence-electron chi connectivity index (χ4n) is 2.54. The summed E-state index contributed by atoms with van der Waals surface area (Å²) in [5.74, 6) is 3.96.